The summed E-state index contributed by atoms with van der Waals surface area (Å²) in [5, 5.41) is 2.53. The number of esters is 1. The second kappa shape index (κ2) is 8.51. The third kappa shape index (κ3) is 6.60. The van der Waals surface area contributed by atoms with E-state index in [1.165, 1.54) is 31.2 Å². The first-order valence-electron chi connectivity index (χ1n) is 6.60. The van der Waals surface area contributed by atoms with Crippen LogP contribution in [-0.2, 0) is 9.53 Å². The maximum atomic E-state index is 11.5. The van der Waals surface area contributed by atoms with Gasteiger partial charge in [-0.3, -0.25) is 4.79 Å². The Labute approximate surface area is 129 Å². The van der Waals surface area contributed by atoms with E-state index in [0.29, 0.717) is 17.3 Å². The van der Waals surface area contributed by atoms with Crippen molar-refractivity contribution in [2.75, 3.05) is 13.2 Å². The third-order valence-electron chi connectivity index (χ3n) is 2.42. The molecule has 1 rings (SSSR count). The molecule has 0 aliphatic carbocycles. The minimum absolute atomic E-state index is 0.270. The lowest BCUT2D eigenvalue weighted by Gasteiger charge is -2.10. The van der Waals surface area contributed by atoms with E-state index in [-0.39, 0.29) is 13.2 Å². The average molecular weight is 305 g/mol. The number of benzene rings is 1. The molecule has 0 aliphatic heterocycles. The smallest absolute Gasteiger partial charge is 0.412 e. The Morgan fingerprint density at radius 3 is 2.09 bits per heavy atom. The van der Waals surface area contributed by atoms with Gasteiger partial charge in [0, 0.05) is 6.92 Å². The van der Waals surface area contributed by atoms with Crippen molar-refractivity contribution >= 4 is 12.1 Å². The summed E-state index contributed by atoms with van der Waals surface area (Å²) in [4.78, 5) is 22.3. The monoisotopic (exact) mass is 305 g/mol. The summed E-state index contributed by atoms with van der Waals surface area (Å²) >= 11 is 0. The highest BCUT2D eigenvalue weighted by Gasteiger charge is 2.05. The summed E-state index contributed by atoms with van der Waals surface area (Å²) < 4.78 is 15.2. The van der Waals surface area contributed by atoms with E-state index in [9.17, 15) is 9.59 Å². The minimum atomic E-state index is -0.607. The summed E-state index contributed by atoms with van der Waals surface area (Å²) in [6, 6.07) is 6.11. The van der Waals surface area contributed by atoms with Crippen molar-refractivity contribution in [2.45, 2.75) is 13.8 Å². The van der Waals surface area contributed by atoms with Crippen LogP contribution in [0.25, 0.3) is 0 Å². The highest BCUT2D eigenvalue weighted by molar-refractivity contribution is 5.71. The molecule has 1 N–H and O–H groups in total. The number of nitrogens with one attached hydrogen (secondary N) is 1. The van der Waals surface area contributed by atoms with E-state index in [1.54, 1.807) is 6.92 Å². The van der Waals surface area contributed by atoms with Crippen molar-refractivity contribution < 1.29 is 23.8 Å². The number of hydrogen-bond donors (Lipinski definition) is 1. The third-order valence-corrected chi connectivity index (χ3v) is 2.42. The molecule has 1 aromatic rings. The summed E-state index contributed by atoms with van der Waals surface area (Å²) in [5.74, 6) is 0.784. The lowest BCUT2D eigenvalue weighted by Crippen LogP contribution is -2.30. The molecule has 1 amide bonds. The number of allylic oxidation sites excluding steroid dienone is 1. The van der Waals surface area contributed by atoms with Gasteiger partial charge in [0.05, 0.1) is 6.54 Å². The maximum absolute atomic E-state index is 11.5. The van der Waals surface area contributed by atoms with Crippen molar-refractivity contribution in [1.82, 2.24) is 5.32 Å². The molecule has 0 spiro atoms. The molecule has 0 bridgehead atoms. The fraction of sp³-hybridized carbons (Fsp3) is 0.250. The summed E-state index contributed by atoms with van der Waals surface area (Å²) in [6.07, 6.45) is -0.607. The van der Waals surface area contributed by atoms with Gasteiger partial charge in [-0.15, -0.1) is 0 Å². The second-order valence-electron chi connectivity index (χ2n) is 4.43. The first-order valence-corrected chi connectivity index (χ1v) is 6.60. The van der Waals surface area contributed by atoms with Crippen LogP contribution < -0.4 is 14.8 Å². The van der Waals surface area contributed by atoms with E-state index in [0.717, 1.165) is 5.57 Å². The molecular weight excluding hydrogens is 286 g/mol. The maximum Gasteiger partial charge on any atom is 0.412 e. The zero-order valence-electron chi connectivity index (χ0n) is 12.7. The zero-order chi connectivity index (χ0) is 16.5. The zero-order valence-corrected chi connectivity index (χ0v) is 12.7. The Hall–Kier alpha value is -2.76. The minimum Gasteiger partial charge on any atom is -0.492 e. The van der Waals surface area contributed by atoms with Gasteiger partial charge in [0.1, 0.15) is 23.9 Å². The van der Waals surface area contributed by atoms with Gasteiger partial charge in [0.25, 0.3) is 0 Å². The Kier molecular flexibility index (Phi) is 6.69. The predicted molar refractivity (Wildman–Crippen MR) is 81.7 cm³/mol. The Bertz CT molecular complexity index is 562. The molecule has 6 nitrogen and oxygen atoms in total. The van der Waals surface area contributed by atoms with Crippen molar-refractivity contribution in [3.8, 4) is 11.5 Å². The summed E-state index contributed by atoms with van der Waals surface area (Å²) in [5.41, 5.74) is 0.732. The molecule has 0 unspecified atom stereocenters. The van der Waals surface area contributed by atoms with E-state index < -0.39 is 12.1 Å². The Morgan fingerprint density at radius 1 is 1.05 bits per heavy atom. The molecule has 118 valence electrons. The first-order chi connectivity index (χ1) is 10.4. The first kappa shape index (κ1) is 17.3. The Balaban J connectivity index is 2.31. The molecule has 0 atom stereocenters. The van der Waals surface area contributed by atoms with Crippen LogP contribution in [0.15, 0.2) is 48.8 Å². The van der Waals surface area contributed by atoms with Gasteiger partial charge in [0.15, 0.2) is 0 Å². The van der Waals surface area contributed by atoms with Crippen LogP contribution in [0.5, 0.6) is 11.5 Å². The molecule has 6 heteroatoms. The van der Waals surface area contributed by atoms with Crippen LogP contribution in [0.4, 0.5) is 4.79 Å². The number of hydrogen-bond acceptors (Lipinski definition) is 5. The van der Waals surface area contributed by atoms with Crippen LogP contribution in [0.3, 0.4) is 0 Å². The fourth-order valence-corrected chi connectivity index (χ4v) is 1.34. The number of rotatable bonds is 7. The number of ether oxygens (including phenoxy) is 3. The quantitative estimate of drug-likeness (QED) is 0.276. The molecule has 0 saturated carbocycles. The van der Waals surface area contributed by atoms with Crippen LogP contribution in [0.2, 0.25) is 0 Å². The highest BCUT2D eigenvalue weighted by Crippen LogP contribution is 2.17. The summed E-state index contributed by atoms with van der Waals surface area (Å²) in [7, 11) is 0. The average Bonchev–Trinajstić information content (AvgIpc) is 2.44. The van der Waals surface area contributed by atoms with E-state index >= 15 is 0 Å². The second-order valence-corrected chi connectivity index (χ2v) is 4.43. The number of amides is 1. The predicted octanol–water partition coefficient (Wildman–Crippen LogP) is 2.81. The summed E-state index contributed by atoms with van der Waals surface area (Å²) in [6.45, 7) is 11.0. The van der Waals surface area contributed by atoms with E-state index in [4.69, 9.17) is 14.2 Å². The normalized spacial score (nSPS) is 9.55. The largest absolute Gasteiger partial charge is 0.492 e. The van der Waals surface area contributed by atoms with Crippen LogP contribution in [0.1, 0.15) is 13.8 Å². The van der Waals surface area contributed by atoms with Crippen molar-refractivity contribution in [1.29, 1.82) is 0 Å². The van der Waals surface area contributed by atoms with Crippen LogP contribution >= 0.6 is 0 Å². The lowest BCUT2D eigenvalue weighted by molar-refractivity contribution is -0.131. The van der Waals surface area contributed by atoms with Crippen molar-refractivity contribution in [3.63, 3.8) is 0 Å². The molecule has 0 radical (unpaired) electrons. The molecular formula is C16H19NO5. The van der Waals surface area contributed by atoms with E-state index in [1.807, 2.05) is 0 Å². The molecule has 0 aliphatic rings. The Morgan fingerprint density at radius 2 is 1.59 bits per heavy atom. The van der Waals surface area contributed by atoms with Crippen molar-refractivity contribution in [3.05, 3.63) is 48.8 Å². The van der Waals surface area contributed by atoms with E-state index in [2.05, 4.69) is 18.5 Å². The van der Waals surface area contributed by atoms with Gasteiger partial charge in [-0.25, -0.2) is 4.79 Å². The standard InChI is InChI=1S/C16H19NO5/c1-11(2)12(3)20-10-9-17-16(19)22-15-7-5-14(6-8-15)21-13(4)18/h5-8H,1,3,9-10H2,2,4H3,(H,17,19). The van der Waals surface area contributed by atoms with Crippen LogP contribution in [0, 0.1) is 0 Å². The van der Waals surface area contributed by atoms with Crippen LogP contribution in [-0.4, -0.2) is 25.2 Å². The highest BCUT2D eigenvalue weighted by atomic mass is 16.6. The SMILES string of the molecule is C=C(C)C(=C)OCCNC(=O)Oc1ccc(OC(C)=O)cc1. The van der Waals surface area contributed by atoms with Crippen molar-refractivity contribution in [2.24, 2.45) is 0 Å². The lowest BCUT2D eigenvalue weighted by atomic mass is 10.3. The number of carbonyl (C=O) groups is 2. The molecule has 0 aromatic heterocycles. The molecule has 1 aromatic carbocycles. The van der Waals surface area contributed by atoms with Gasteiger partial charge in [0.2, 0.25) is 0 Å². The topological polar surface area (TPSA) is 73.9 Å². The van der Waals surface area contributed by atoms with Gasteiger partial charge in [-0.1, -0.05) is 13.2 Å². The van der Waals surface area contributed by atoms with Gasteiger partial charge >= 0.3 is 12.1 Å². The van der Waals surface area contributed by atoms with Gasteiger partial charge < -0.3 is 19.5 Å². The fourth-order valence-electron chi connectivity index (χ4n) is 1.34. The molecule has 0 fully saturated rings. The molecule has 0 saturated heterocycles. The molecule has 0 heterocycles. The molecule has 22 heavy (non-hydrogen) atoms. The number of carbonyl (C=O) groups excluding carboxylic acids is 2. The van der Waals surface area contributed by atoms with Gasteiger partial charge in [-0.05, 0) is 36.8 Å². The van der Waals surface area contributed by atoms with Gasteiger partial charge in [-0.2, -0.15) is 0 Å².